The smallest absolute Gasteiger partial charge is 0.318 e. The molecular weight excluding hydrogens is 298 g/mol. The molecule has 3 heterocycles. The van der Waals surface area contributed by atoms with Gasteiger partial charge in [0.1, 0.15) is 6.33 Å². The zero-order valence-electron chi connectivity index (χ0n) is 13.1. The molecule has 2 aromatic heterocycles. The maximum absolute atomic E-state index is 12.7. The minimum atomic E-state index is -0.165. The third-order valence-electron chi connectivity index (χ3n) is 4.22. The highest BCUT2D eigenvalue weighted by Gasteiger charge is 2.31. The van der Waals surface area contributed by atoms with Crippen LogP contribution in [0.2, 0.25) is 0 Å². The highest BCUT2D eigenvalue weighted by molar-refractivity contribution is 7.10. The predicted octanol–water partition coefficient (Wildman–Crippen LogP) is 2.66. The Morgan fingerprint density at radius 2 is 2.41 bits per heavy atom. The molecule has 118 valence electrons. The van der Waals surface area contributed by atoms with E-state index in [1.54, 1.807) is 17.7 Å². The first-order chi connectivity index (χ1) is 10.6. The van der Waals surface area contributed by atoms with Crippen molar-refractivity contribution < 1.29 is 4.79 Å². The Labute approximate surface area is 134 Å². The number of carbonyl (C=O) groups excluding carboxylic acids is 1. The van der Waals surface area contributed by atoms with Crippen molar-refractivity contribution in [2.45, 2.75) is 38.8 Å². The van der Waals surface area contributed by atoms with E-state index in [-0.39, 0.29) is 18.1 Å². The zero-order valence-corrected chi connectivity index (χ0v) is 13.9. The Bertz CT molecular complexity index is 664. The quantitative estimate of drug-likeness (QED) is 0.946. The summed E-state index contributed by atoms with van der Waals surface area (Å²) < 4.78 is 1.83. The van der Waals surface area contributed by atoms with Gasteiger partial charge in [0, 0.05) is 18.5 Å². The second-order valence-electron chi connectivity index (χ2n) is 5.64. The van der Waals surface area contributed by atoms with E-state index in [1.807, 2.05) is 23.4 Å². The number of aryl methyl sites for hydroxylation is 1. The lowest BCUT2D eigenvalue weighted by Crippen LogP contribution is -2.46. The van der Waals surface area contributed by atoms with Crippen molar-refractivity contribution in [2.24, 2.45) is 7.05 Å². The van der Waals surface area contributed by atoms with Crippen LogP contribution in [0.3, 0.4) is 0 Å². The lowest BCUT2D eigenvalue weighted by molar-refractivity contribution is 0.164. The van der Waals surface area contributed by atoms with E-state index in [0.717, 1.165) is 25.2 Å². The molecule has 0 spiro atoms. The maximum atomic E-state index is 12.7. The molecule has 1 N–H and O–H groups in total. The van der Waals surface area contributed by atoms with Crippen LogP contribution in [-0.4, -0.2) is 32.2 Å². The lowest BCUT2D eigenvalue weighted by Gasteiger charge is -2.36. The fraction of sp³-hybridized carbons (Fsp3) is 0.533. The number of hydrogen-bond acceptors (Lipinski definition) is 4. The number of amides is 2. The number of nitrogens with zero attached hydrogens (tertiary/aromatic N) is 4. The summed E-state index contributed by atoms with van der Waals surface area (Å²) in [5, 5.41) is 13.1. The highest BCUT2D eigenvalue weighted by Crippen LogP contribution is 2.35. The van der Waals surface area contributed by atoms with E-state index in [1.165, 1.54) is 10.4 Å². The number of hydrogen-bond donors (Lipinski definition) is 1. The Hall–Kier alpha value is -1.89. The molecule has 2 amide bonds. The summed E-state index contributed by atoms with van der Waals surface area (Å²) in [4.78, 5) is 16.0. The summed E-state index contributed by atoms with van der Waals surface area (Å²) in [6.07, 6.45) is 3.51. The van der Waals surface area contributed by atoms with Crippen LogP contribution in [0.4, 0.5) is 4.79 Å². The van der Waals surface area contributed by atoms with E-state index in [4.69, 9.17) is 0 Å². The Morgan fingerprint density at radius 3 is 3.09 bits per heavy atom. The monoisotopic (exact) mass is 319 g/mol. The van der Waals surface area contributed by atoms with Crippen molar-refractivity contribution in [3.05, 3.63) is 34.0 Å². The van der Waals surface area contributed by atoms with Crippen LogP contribution in [-0.2, 0) is 13.5 Å². The van der Waals surface area contributed by atoms with Gasteiger partial charge >= 0.3 is 6.03 Å². The summed E-state index contributed by atoms with van der Waals surface area (Å²) in [6.45, 7) is 4.83. The molecule has 0 unspecified atom stereocenters. The molecule has 7 heteroatoms. The average Bonchev–Trinajstić information content (AvgIpc) is 3.14. The number of nitrogens with one attached hydrogen (secondary N) is 1. The molecule has 3 rings (SSSR count). The Kier molecular flexibility index (Phi) is 4.15. The van der Waals surface area contributed by atoms with E-state index in [0.29, 0.717) is 0 Å². The van der Waals surface area contributed by atoms with Crippen molar-refractivity contribution in [3.63, 3.8) is 0 Å². The number of fused-ring (bicyclic) bond motifs is 1. The molecular formula is C15H21N5OS. The van der Waals surface area contributed by atoms with Crippen LogP contribution < -0.4 is 5.32 Å². The Morgan fingerprint density at radius 1 is 1.59 bits per heavy atom. The summed E-state index contributed by atoms with van der Waals surface area (Å²) in [5.41, 5.74) is 1.31. The van der Waals surface area contributed by atoms with Gasteiger partial charge in [-0.25, -0.2) is 4.79 Å². The Balaban J connectivity index is 1.74. The summed E-state index contributed by atoms with van der Waals surface area (Å²) in [6, 6.07) is 2.13. The first kappa shape index (κ1) is 15.0. The van der Waals surface area contributed by atoms with Crippen molar-refractivity contribution >= 4 is 17.4 Å². The third-order valence-corrected chi connectivity index (χ3v) is 5.21. The van der Waals surface area contributed by atoms with Crippen LogP contribution in [0.5, 0.6) is 0 Å². The largest absolute Gasteiger partial charge is 0.328 e. The molecule has 22 heavy (non-hydrogen) atoms. The average molecular weight is 319 g/mol. The molecule has 0 saturated carbocycles. The fourth-order valence-electron chi connectivity index (χ4n) is 3.10. The van der Waals surface area contributed by atoms with Crippen LogP contribution in [0.25, 0.3) is 0 Å². The van der Waals surface area contributed by atoms with Crippen LogP contribution in [0, 0.1) is 0 Å². The molecule has 1 aliphatic heterocycles. The van der Waals surface area contributed by atoms with Crippen molar-refractivity contribution in [3.8, 4) is 0 Å². The number of rotatable bonds is 3. The molecule has 0 aliphatic carbocycles. The second-order valence-corrected chi connectivity index (χ2v) is 6.64. The standard InChI is InChI=1S/C15H21N5OS/c1-4-12-11-6-8-22-13(11)5-7-20(12)15(21)17-10(2)14-18-16-9-19(14)3/h6,8-10,12H,4-5,7H2,1-3H3,(H,17,21)/t10-,12-/m1/s1. The SMILES string of the molecule is CC[C@@H]1c2ccsc2CCN1C(=O)N[C@H](C)c1nncn1C. The summed E-state index contributed by atoms with van der Waals surface area (Å²) in [7, 11) is 1.88. The maximum Gasteiger partial charge on any atom is 0.318 e. The first-order valence-corrected chi connectivity index (χ1v) is 8.47. The van der Waals surface area contributed by atoms with E-state index in [2.05, 4.69) is 33.9 Å². The molecule has 0 bridgehead atoms. The highest BCUT2D eigenvalue weighted by atomic mass is 32.1. The molecule has 1 aliphatic rings. The van der Waals surface area contributed by atoms with E-state index < -0.39 is 0 Å². The van der Waals surface area contributed by atoms with Crippen LogP contribution in [0.15, 0.2) is 17.8 Å². The molecule has 0 saturated heterocycles. The van der Waals surface area contributed by atoms with Gasteiger partial charge in [0.2, 0.25) is 0 Å². The zero-order chi connectivity index (χ0) is 15.7. The second kappa shape index (κ2) is 6.08. The van der Waals surface area contributed by atoms with Gasteiger partial charge in [-0.1, -0.05) is 6.92 Å². The van der Waals surface area contributed by atoms with Gasteiger partial charge < -0.3 is 14.8 Å². The van der Waals surface area contributed by atoms with Gasteiger partial charge in [-0.2, -0.15) is 0 Å². The van der Waals surface area contributed by atoms with E-state index in [9.17, 15) is 4.79 Å². The van der Waals surface area contributed by atoms with Gasteiger partial charge in [-0.3, -0.25) is 0 Å². The molecule has 6 nitrogen and oxygen atoms in total. The fourth-order valence-corrected chi connectivity index (χ4v) is 4.02. The number of thiophene rings is 1. The molecule has 2 atom stereocenters. The summed E-state index contributed by atoms with van der Waals surface area (Å²) in [5.74, 6) is 0.759. The summed E-state index contributed by atoms with van der Waals surface area (Å²) >= 11 is 1.79. The molecule has 0 radical (unpaired) electrons. The number of urea groups is 1. The minimum Gasteiger partial charge on any atom is -0.328 e. The topological polar surface area (TPSA) is 63.1 Å². The van der Waals surface area contributed by atoms with Gasteiger partial charge in [0.25, 0.3) is 0 Å². The van der Waals surface area contributed by atoms with E-state index >= 15 is 0 Å². The molecule has 0 fully saturated rings. The normalized spacial score (nSPS) is 18.9. The van der Waals surface area contributed by atoms with Crippen LogP contribution >= 0.6 is 11.3 Å². The van der Waals surface area contributed by atoms with Crippen LogP contribution in [0.1, 0.15) is 48.6 Å². The molecule has 0 aromatic carbocycles. The predicted molar refractivity (Wildman–Crippen MR) is 85.7 cm³/mol. The van der Waals surface area contributed by atoms with Gasteiger partial charge in [-0.15, -0.1) is 21.5 Å². The van der Waals surface area contributed by atoms with Crippen molar-refractivity contribution in [1.29, 1.82) is 0 Å². The molecule has 2 aromatic rings. The number of carbonyl (C=O) groups is 1. The van der Waals surface area contributed by atoms with Gasteiger partial charge in [0.15, 0.2) is 5.82 Å². The van der Waals surface area contributed by atoms with Gasteiger partial charge in [-0.05, 0) is 36.8 Å². The minimum absolute atomic E-state index is 0.0285. The lowest BCUT2D eigenvalue weighted by atomic mass is 9.98. The van der Waals surface area contributed by atoms with Gasteiger partial charge in [0.05, 0.1) is 12.1 Å². The van der Waals surface area contributed by atoms with Crippen molar-refractivity contribution in [1.82, 2.24) is 25.0 Å². The number of aromatic nitrogens is 3. The third kappa shape index (κ3) is 2.61. The van der Waals surface area contributed by atoms with Crippen molar-refractivity contribution in [2.75, 3.05) is 6.54 Å². The first-order valence-electron chi connectivity index (χ1n) is 7.59.